The number of nitrogens with zero attached hydrogens (tertiary/aromatic N) is 2. The van der Waals surface area contributed by atoms with Gasteiger partial charge in [0, 0.05) is 18.8 Å². The lowest BCUT2D eigenvalue weighted by Crippen LogP contribution is -2.40. The number of aliphatic hydroxyl groups is 1. The molecule has 0 aromatic carbocycles. The van der Waals surface area contributed by atoms with Gasteiger partial charge in [0.15, 0.2) is 0 Å². The maximum atomic E-state index is 12.1. The summed E-state index contributed by atoms with van der Waals surface area (Å²) in [6, 6.07) is 1.82. The van der Waals surface area contributed by atoms with Crippen LogP contribution in [0.4, 0.5) is 0 Å². The third-order valence-electron chi connectivity index (χ3n) is 3.19. The van der Waals surface area contributed by atoms with Gasteiger partial charge >= 0.3 is 0 Å². The third-order valence-corrected chi connectivity index (χ3v) is 3.19. The van der Waals surface area contributed by atoms with Gasteiger partial charge in [-0.05, 0) is 24.8 Å². The molecule has 2 rings (SSSR count). The second-order valence-electron chi connectivity index (χ2n) is 4.89. The SMILES string of the molecule is CC(C)c1cc(C(=O)N2CCC(O)CC2)n[nH]1. The minimum atomic E-state index is -0.260. The quantitative estimate of drug-likeness (QED) is 0.810. The van der Waals surface area contributed by atoms with E-state index in [1.807, 2.05) is 6.07 Å². The Balaban J connectivity index is 2.03. The van der Waals surface area contributed by atoms with Gasteiger partial charge in [0.05, 0.1) is 6.10 Å². The van der Waals surface area contributed by atoms with Crippen LogP contribution in [0.15, 0.2) is 6.07 Å². The molecule has 0 aliphatic carbocycles. The number of aromatic amines is 1. The first-order valence-electron chi connectivity index (χ1n) is 6.10. The molecule has 0 bridgehead atoms. The summed E-state index contributed by atoms with van der Waals surface area (Å²) in [5, 5.41) is 16.3. The van der Waals surface area contributed by atoms with E-state index >= 15 is 0 Å². The molecular weight excluding hydrogens is 218 g/mol. The van der Waals surface area contributed by atoms with E-state index in [-0.39, 0.29) is 12.0 Å². The summed E-state index contributed by atoms with van der Waals surface area (Å²) in [5.74, 6) is 0.298. The number of aromatic nitrogens is 2. The Labute approximate surface area is 101 Å². The number of nitrogens with one attached hydrogen (secondary N) is 1. The molecule has 0 spiro atoms. The zero-order valence-corrected chi connectivity index (χ0v) is 10.3. The van der Waals surface area contributed by atoms with Crippen LogP contribution < -0.4 is 0 Å². The van der Waals surface area contributed by atoms with Crippen LogP contribution in [0.1, 0.15) is 48.8 Å². The summed E-state index contributed by atoms with van der Waals surface area (Å²) in [6.07, 6.45) is 1.06. The molecule has 5 heteroatoms. The summed E-state index contributed by atoms with van der Waals surface area (Å²) in [6.45, 7) is 5.34. The molecule has 1 amide bonds. The van der Waals surface area contributed by atoms with Crippen LogP contribution in [0, 0.1) is 0 Å². The predicted octanol–water partition coefficient (Wildman–Crippen LogP) is 1.13. The van der Waals surface area contributed by atoms with Gasteiger partial charge in [0.2, 0.25) is 0 Å². The Morgan fingerprint density at radius 3 is 2.71 bits per heavy atom. The number of carbonyl (C=O) groups excluding carboxylic acids is 1. The van der Waals surface area contributed by atoms with Crippen LogP contribution in [0.5, 0.6) is 0 Å². The molecule has 0 radical (unpaired) electrons. The van der Waals surface area contributed by atoms with Gasteiger partial charge < -0.3 is 10.0 Å². The van der Waals surface area contributed by atoms with Crippen molar-refractivity contribution in [1.82, 2.24) is 15.1 Å². The molecule has 1 saturated heterocycles. The summed E-state index contributed by atoms with van der Waals surface area (Å²) in [5.41, 5.74) is 1.45. The average Bonchev–Trinajstić information content (AvgIpc) is 2.78. The van der Waals surface area contributed by atoms with Crippen LogP contribution in [0.25, 0.3) is 0 Å². The van der Waals surface area contributed by atoms with Crippen molar-refractivity contribution in [2.24, 2.45) is 0 Å². The smallest absolute Gasteiger partial charge is 0.274 e. The lowest BCUT2D eigenvalue weighted by molar-refractivity contribution is 0.0541. The van der Waals surface area contributed by atoms with Gasteiger partial charge in [-0.25, -0.2) is 0 Å². The lowest BCUT2D eigenvalue weighted by Gasteiger charge is -2.28. The molecular formula is C12H19N3O2. The highest BCUT2D eigenvalue weighted by Gasteiger charge is 2.24. The van der Waals surface area contributed by atoms with Gasteiger partial charge in [-0.2, -0.15) is 5.10 Å². The van der Waals surface area contributed by atoms with Crippen LogP contribution >= 0.6 is 0 Å². The summed E-state index contributed by atoms with van der Waals surface area (Å²) in [7, 11) is 0. The molecule has 1 aliphatic rings. The van der Waals surface area contributed by atoms with E-state index in [4.69, 9.17) is 0 Å². The number of carbonyl (C=O) groups is 1. The van der Waals surface area contributed by atoms with Gasteiger partial charge in [0.1, 0.15) is 5.69 Å². The topological polar surface area (TPSA) is 69.2 Å². The monoisotopic (exact) mass is 237 g/mol. The van der Waals surface area contributed by atoms with E-state index in [1.54, 1.807) is 4.90 Å². The van der Waals surface area contributed by atoms with E-state index in [0.29, 0.717) is 37.5 Å². The Morgan fingerprint density at radius 2 is 2.18 bits per heavy atom. The first-order chi connectivity index (χ1) is 8.08. The molecule has 0 atom stereocenters. The maximum absolute atomic E-state index is 12.1. The van der Waals surface area contributed by atoms with E-state index in [2.05, 4.69) is 24.0 Å². The number of hydrogen-bond acceptors (Lipinski definition) is 3. The van der Waals surface area contributed by atoms with Gasteiger partial charge in [0.25, 0.3) is 5.91 Å². The number of hydrogen-bond donors (Lipinski definition) is 2. The van der Waals surface area contributed by atoms with Crippen LogP contribution in [-0.4, -0.2) is 45.3 Å². The van der Waals surface area contributed by atoms with E-state index in [1.165, 1.54) is 0 Å². The first kappa shape index (κ1) is 12.1. The first-order valence-corrected chi connectivity index (χ1v) is 6.10. The second-order valence-corrected chi connectivity index (χ2v) is 4.89. The summed E-state index contributed by atoms with van der Waals surface area (Å²) < 4.78 is 0. The number of aliphatic hydroxyl groups excluding tert-OH is 1. The predicted molar refractivity (Wildman–Crippen MR) is 63.8 cm³/mol. The molecule has 5 nitrogen and oxygen atoms in total. The molecule has 2 heterocycles. The van der Waals surface area contributed by atoms with Crippen molar-refractivity contribution >= 4 is 5.91 Å². The Kier molecular flexibility index (Phi) is 3.47. The van der Waals surface area contributed by atoms with E-state index in [0.717, 1.165) is 5.69 Å². The number of piperidine rings is 1. The number of H-pyrrole nitrogens is 1. The summed E-state index contributed by atoms with van der Waals surface area (Å²) >= 11 is 0. The molecule has 2 N–H and O–H groups in total. The molecule has 1 aliphatic heterocycles. The fourth-order valence-corrected chi connectivity index (χ4v) is 1.97. The van der Waals surface area contributed by atoms with Crippen molar-refractivity contribution in [2.75, 3.05) is 13.1 Å². The number of rotatable bonds is 2. The van der Waals surface area contributed by atoms with Gasteiger partial charge in [-0.3, -0.25) is 9.89 Å². The van der Waals surface area contributed by atoms with Crippen molar-refractivity contribution < 1.29 is 9.90 Å². The highest BCUT2D eigenvalue weighted by atomic mass is 16.3. The number of likely N-dealkylation sites (tertiary alicyclic amines) is 1. The standard InChI is InChI=1S/C12H19N3O2/c1-8(2)10-7-11(14-13-10)12(17)15-5-3-9(16)4-6-15/h7-9,16H,3-6H2,1-2H3,(H,13,14). The fourth-order valence-electron chi connectivity index (χ4n) is 1.97. The maximum Gasteiger partial charge on any atom is 0.274 e. The van der Waals surface area contributed by atoms with E-state index < -0.39 is 0 Å². The highest BCUT2D eigenvalue weighted by Crippen LogP contribution is 2.16. The Morgan fingerprint density at radius 1 is 1.53 bits per heavy atom. The van der Waals surface area contributed by atoms with Crippen molar-refractivity contribution in [1.29, 1.82) is 0 Å². The average molecular weight is 237 g/mol. The summed E-state index contributed by atoms with van der Waals surface area (Å²) in [4.78, 5) is 13.9. The fraction of sp³-hybridized carbons (Fsp3) is 0.667. The highest BCUT2D eigenvalue weighted by molar-refractivity contribution is 5.92. The molecule has 0 saturated carbocycles. The molecule has 1 aromatic rings. The normalized spacial score (nSPS) is 17.8. The van der Waals surface area contributed by atoms with E-state index in [9.17, 15) is 9.90 Å². The number of amides is 1. The largest absolute Gasteiger partial charge is 0.393 e. The Hall–Kier alpha value is -1.36. The van der Waals surface area contributed by atoms with Crippen LogP contribution in [0.3, 0.4) is 0 Å². The molecule has 94 valence electrons. The molecule has 17 heavy (non-hydrogen) atoms. The van der Waals surface area contributed by atoms with Crippen molar-refractivity contribution in [3.05, 3.63) is 17.5 Å². The molecule has 1 fully saturated rings. The van der Waals surface area contributed by atoms with Crippen molar-refractivity contribution in [3.63, 3.8) is 0 Å². The Bertz CT molecular complexity index is 392. The third kappa shape index (κ3) is 2.66. The van der Waals surface area contributed by atoms with Crippen molar-refractivity contribution in [2.45, 2.75) is 38.7 Å². The van der Waals surface area contributed by atoms with Crippen molar-refractivity contribution in [3.8, 4) is 0 Å². The van der Waals surface area contributed by atoms with Gasteiger partial charge in [-0.1, -0.05) is 13.8 Å². The van der Waals surface area contributed by atoms with Crippen LogP contribution in [0.2, 0.25) is 0 Å². The molecule has 0 unspecified atom stereocenters. The zero-order chi connectivity index (χ0) is 12.4. The minimum Gasteiger partial charge on any atom is -0.393 e. The molecule has 1 aromatic heterocycles. The zero-order valence-electron chi connectivity index (χ0n) is 10.3. The lowest BCUT2D eigenvalue weighted by atomic mass is 10.1. The van der Waals surface area contributed by atoms with Gasteiger partial charge in [-0.15, -0.1) is 0 Å². The van der Waals surface area contributed by atoms with Crippen LogP contribution in [-0.2, 0) is 0 Å². The second kappa shape index (κ2) is 4.87. The minimum absolute atomic E-state index is 0.0416.